The van der Waals surface area contributed by atoms with Gasteiger partial charge in [0.25, 0.3) is 20.2 Å². The second kappa shape index (κ2) is 6.73. The van der Waals surface area contributed by atoms with E-state index in [4.69, 9.17) is 14.8 Å². The quantitative estimate of drug-likeness (QED) is 0.450. The molecule has 1 radical (unpaired) electrons. The smallest absolute Gasteiger partial charge is 0.316 e. The molecule has 0 bridgehead atoms. The van der Waals surface area contributed by atoms with Crippen LogP contribution in [-0.4, -0.2) is 61.5 Å². The number of primary amides is 1. The molecule has 5 N–H and O–H groups in total. The van der Waals surface area contributed by atoms with Crippen molar-refractivity contribution < 1.29 is 30.7 Å². The van der Waals surface area contributed by atoms with Crippen LogP contribution in [0.3, 0.4) is 0 Å². The molecule has 23 heavy (non-hydrogen) atoms. The van der Waals surface area contributed by atoms with Gasteiger partial charge in [-0.2, -0.15) is 16.8 Å². The van der Waals surface area contributed by atoms with Crippen LogP contribution in [0.1, 0.15) is 0 Å². The maximum Gasteiger partial charge on any atom is 0.316 e. The van der Waals surface area contributed by atoms with Gasteiger partial charge >= 0.3 is 6.03 Å². The van der Waals surface area contributed by atoms with Crippen molar-refractivity contribution in [2.45, 2.75) is 9.79 Å². The van der Waals surface area contributed by atoms with Crippen molar-refractivity contribution >= 4 is 72.3 Å². The van der Waals surface area contributed by atoms with Crippen LogP contribution in [0.15, 0.2) is 40.1 Å². The molecule has 2 aromatic rings. The molecule has 9 nitrogen and oxygen atoms in total. The van der Waals surface area contributed by atoms with Crippen LogP contribution >= 0.6 is 0 Å². The zero-order valence-electron chi connectivity index (χ0n) is 11.7. The van der Waals surface area contributed by atoms with Gasteiger partial charge in [0.1, 0.15) is 0 Å². The fraction of sp³-hybridized carbons (Fsp3) is 0. The number of carbonyl (C=O) groups excluding carboxylic acids is 1. The number of urea groups is 1. The number of hydrogen-bond donors (Lipinski definition) is 4. The normalized spacial score (nSPS) is 11.7. The van der Waals surface area contributed by atoms with Crippen LogP contribution in [0.5, 0.6) is 0 Å². The molecular formula is C11H10N2NaO7S2. The van der Waals surface area contributed by atoms with Crippen molar-refractivity contribution in [2.75, 3.05) is 5.32 Å². The van der Waals surface area contributed by atoms with E-state index in [2.05, 4.69) is 5.32 Å². The van der Waals surface area contributed by atoms with E-state index in [0.717, 1.165) is 24.3 Å². The number of anilines is 1. The summed E-state index contributed by atoms with van der Waals surface area (Å²) in [6.45, 7) is 0. The summed E-state index contributed by atoms with van der Waals surface area (Å²) in [5.41, 5.74) is 4.93. The minimum Gasteiger partial charge on any atom is -0.351 e. The Morgan fingerprint density at radius 3 is 1.96 bits per heavy atom. The molecule has 119 valence electrons. The number of hydrogen-bond acceptors (Lipinski definition) is 5. The Kier molecular flexibility index (Phi) is 5.80. The van der Waals surface area contributed by atoms with Gasteiger partial charge in [0.15, 0.2) is 0 Å². The van der Waals surface area contributed by atoms with Crippen molar-refractivity contribution in [1.82, 2.24) is 0 Å². The summed E-state index contributed by atoms with van der Waals surface area (Å²) in [6, 6.07) is 4.29. The topological polar surface area (TPSA) is 164 Å². The number of fused-ring (bicyclic) bond motifs is 1. The van der Waals surface area contributed by atoms with E-state index >= 15 is 0 Å². The van der Waals surface area contributed by atoms with Crippen molar-refractivity contribution in [3.63, 3.8) is 0 Å². The van der Waals surface area contributed by atoms with Gasteiger partial charge in [-0.3, -0.25) is 9.11 Å². The van der Waals surface area contributed by atoms with Gasteiger partial charge in [0, 0.05) is 34.9 Å². The third-order valence-electron chi connectivity index (χ3n) is 2.75. The van der Waals surface area contributed by atoms with Gasteiger partial charge in [-0.15, -0.1) is 0 Å². The van der Waals surface area contributed by atoms with Crippen LogP contribution in [0, 0.1) is 0 Å². The maximum absolute atomic E-state index is 11.2. The van der Waals surface area contributed by atoms with Crippen LogP contribution < -0.4 is 11.1 Å². The molecule has 2 aromatic carbocycles. The Bertz CT molecular complexity index is 982. The zero-order chi connectivity index (χ0) is 16.7. The average molecular weight is 369 g/mol. The summed E-state index contributed by atoms with van der Waals surface area (Å²) in [7, 11) is -9.11. The van der Waals surface area contributed by atoms with Gasteiger partial charge in [0.2, 0.25) is 0 Å². The van der Waals surface area contributed by atoms with E-state index < -0.39 is 36.1 Å². The van der Waals surface area contributed by atoms with Crippen LogP contribution in [-0.2, 0) is 20.2 Å². The number of nitrogens with two attached hydrogens (primary N) is 1. The second-order valence-electron chi connectivity index (χ2n) is 4.29. The van der Waals surface area contributed by atoms with Gasteiger partial charge in [-0.1, -0.05) is 6.07 Å². The van der Waals surface area contributed by atoms with E-state index in [1.165, 1.54) is 6.07 Å². The van der Waals surface area contributed by atoms with E-state index in [9.17, 15) is 21.6 Å². The number of amides is 2. The Morgan fingerprint density at radius 1 is 0.957 bits per heavy atom. The molecule has 0 atom stereocenters. The van der Waals surface area contributed by atoms with E-state index in [-0.39, 0.29) is 46.0 Å². The third-order valence-corrected chi connectivity index (χ3v) is 4.43. The molecular weight excluding hydrogens is 359 g/mol. The Hall–Kier alpha value is -1.21. The minimum absolute atomic E-state index is 0. The predicted octanol–water partition coefficient (Wildman–Crippen LogP) is 0.443. The van der Waals surface area contributed by atoms with Crippen LogP contribution in [0.2, 0.25) is 0 Å². The first-order chi connectivity index (χ1) is 9.98. The van der Waals surface area contributed by atoms with E-state index in [0.29, 0.717) is 0 Å². The standard InChI is InChI=1S/C11H10N2O7S2.Na/c12-11(14)13-10-5-8(22(18,19)20)4-6-3-7(21(15,16)17)1-2-9(6)10;/h1-5H,(H3,12,13,14)(H,15,16,17)(H,18,19,20);. The molecule has 0 heterocycles. The molecule has 0 aromatic heterocycles. The van der Waals surface area contributed by atoms with E-state index in [1.807, 2.05) is 0 Å². The summed E-state index contributed by atoms with van der Waals surface area (Å²) in [5.74, 6) is 0. The maximum atomic E-state index is 11.2. The van der Waals surface area contributed by atoms with Crippen LogP contribution in [0.25, 0.3) is 10.8 Å². The average Bonchev–Trinajstić information content (AvgIpc) is 2.35. The van der Waals surface area contributed by atoms with Crippen LogP contribution in [0.4, 0.5) is 10.5 Å². The van der Waals surface area contributed by atoms with Crippen molar-refractivity contribution in [1.29, 1.82) is 0 Å². The van der Waals surface area contributed by atoms with Crippen molar-refractivity contribution in [2.24, 2.45) is 5.73 Å². The SMILES string of the molecule is NC(=O)Nc1cc(S(=O)(=O)O)cc2cc(S(=O)(=O)O)ccc12.[Na]. The molecule has 0 fully saturated rings. The fourth-order valence-corrected chi connectivity index (χ4v) is 2.92. The first kappa shape index (κ1) is 19.8. The summed E-state index contributed by atoms with van der Waals surface area (Å²) >= 11 is 0. The largest absolute Gasteiger partial charge is 0.351 e. The molecule has 0 aliphatic carbocycles. The van der Waals surface area contributed by atoms with Crippen molar-refractivity contribution in [3.05, 3.63) is 30.3 Å². The molecule has 2 rings (SSSR count). The first-order valence-corrected chi connectivity index (χ1v) is 8.46. The first-order valence-electron chi connectivity index (χ1n) is 5.58. The number of benzene rings is 2. The summed E-state index contributed by atoms with van der Waals surface area (Å²) in [4.78, 5) is 9.92. The summed E-state index contributed by atoms with van der Waals surface area (Å²) in [5, 5.41) is 2.48. The molecule has 0 saturated carbocycles. The second-order valence-corrected chi connectivity index (χ2v) is 7.14. The Balaban J connectivity index is 0.00000264. The van der Waals surface area contributed by atoms with Gasteiger partial charge < -0.3 is 11.1 Å². The predicted molar refractivity (Wildman–Crippen MR) is 82.5 cm³/mol. The molecule has 0 aliphatic rings. The number of carbonyl (C=O) groups is 1. The summed E-state index contributed by atoms with van der Waals surface area (Å²) in [6.07, 6.45) is 0. The van der Waals surface area contributed by atoms with Gasteiger partial charge in [-0.25, -0.2) is 4.79 Å². The monoisotopic (exact) mass is 369 g/mol. The number of nitrogens with one attached hydrogen (secondary N) is 1. The molecule has 0 saturated heterocycles. The fourth-order valence-electron chi connectivity index (χ4n) is 1.87. The molecule has 0 aliphatic heterocycles. The van der Waals surface area contributed by atoms with Crippen molar-refractivity contribution in [3.8, 4) is 0 Å². The molecule has 0 spiro atoms. The molecule has 2 amide bonds. The van der Waals surface area contributed by atoms with Gasteiger partial charge in [0.05, 0.1) is 15.5 Å². The Labute approximate surface area is 153 Å². The minimum atomic E-state index is -4.60. The molecule has 12 heteroatoms. The van der Waals surface area contributed by atoms with E-state index in [1.54, 1.807) is 0 Å². The summed E-state index contributed by atoms with van der Waals surface area (Å²) < 4.78 is 62.8. The molecule has 0 unspecified atom stereocenters. The number of rotatable bonds is 3. The zero-order valence-corrected chi connectivity index (χ0v) is 15.3. The Morgan fingerprint density at radius 2 is 1.48 bits per heavy atom. The third kappa shape index (κ3) is 4.64. The van der Waals surface area contributed by atoms with Gasteiger partial charge in [-0.05, 0) is 29.7 Å².